The summed E-state index contributed by atoms with van der Waals surface area (Å²) >= 11 is 6.07. The molecule has 0 bridgehead atoms. The summed E-state index contributed by atoms with van der Waals surface area (Å²) < 4.78 is 0. The molecule has 4 heteroatoms. The zero-order valence-electron chi connectivity index (χ0n) is 11.9. The van der Waals surface area contributed by atoms with Gasteiger partial charge in [0.15, 0.2) is 0 Å². The second kappa shape index (κ2) is 7.27. The normalized spacial score (nSPS) is 10.6. The average Bonchev–Trinajstić information content (AvgIpc) is 2.46. The number of aromatic nitrogens is 1. The molecule has 106 valence electrons. The molecule has 3 nitrogen and oxygen atoms in total. The minimum absolute atomic E-state index is 0.775. The lowest BCUT2D eigenvalue weighted by Gasteiger charge is -2.22. The molecule has 0 saturated carbocycles. The van der Waals surface area contributed by atoms with Crippen molar-refractivity contribution >= 4 is 17.3 Å². The molecular weight excluding hydrogens is 270 g/mol. The lowest BCUT2D eigenvalue weighted by molar-refractivity contribution is 0.798. The zero-order chi connectivity index (χ0) is 14.4. The molecule has 0 saturated heterocycles. The van der Waals surface area contributed by atoms with Crippen molar-refractivity contribution in [3.63, 3.8) is 0 Å². The number of pyridine rings is 1. The van der Waals surface area contributed by atoms with Gasteiger partial charge in [-0.2, -0.15) is 0 Å². The van der Waals surface area contributed by atoms with Crippen molar-refractivity contribution < 1.29 is 0 Å². The third kappa shape index (κ3) is 3.95. The van der Waals surface area contributed by atoms with Crippen LogP contribution in [0.15, 0.2) is 42.6 Å². The van der Waals surface area contributed by atoms with Gasteiger partial charge >= 0.3 is 0 Å². The fraction of sp³-hybridized carbons (Fsp3) is 0.312. The number of likely N-dealkylation sites (N-methyl/N-ethyl adjacent to an activating group) is 1. The molecule has 2 aromatic rings. The van der Waals surface area contributed by atoms with Crippen molar-refractivity contribution in [1.29, 1.82) is 0 Å². The van der Waals surface area contributed by atoms with Gasteiger partial charge in [0.2, 0.25) is 0 Å². The van der Waals surface area contributed by atoms with Crippen molar-refractivity contribution in [3.05, 3.63) is 58.9 Å². The van der Waals surface area contributed by atoms with Crippen LogP contribution in [0.4, 0.5) is 5.69 Å². The highest BCUT2D eigenvalue weighted by Gasteiger charge is 2.08. The molecule has 1 aromatic heterocycles. The predicted molar refractivity (Wildman–Crippen MR) is 85.4 cm³/mol. The Labute approximate surface area is 125 Å². The van der Waals surface area contributed by atoms with Gasteiger partial charge in [-0.05, 0) is 42.9 Å². The SMILES string of the molecule is CNCc1cc(Cl)ccc1N(C)CCc1ccccn1. The van der Waals surface area contributed by atoms with E-state index in [1.165, 1.54) is 11.3 Å². The van der Waals surface area contributed by atoms with Gasteiger partial charge in [0.05, 0.1) is 0 Å². The topological polar surface area (TPSA) is 28.2 Å². The van der Waals surface area contributed by atoms with E-state index in [4.69, 9.17) is 11.6 Å². The smallest absolute Gasteiger partial charge is 0.0421 e. The van der Waals surface area contributed by atoms with E-state index in [0.29, 0.717) is 0 Å². The number of rotatable bonds is 6. The third-order valence-electron chi connectivity index (χ3n) is 3.25. The fourth-order valence-corrected chi connectivity index (χ4v) is 2.40. The Bertz CT molecular complexity index is 543. The van der Waals surface area contributed by atoms with E-state index < -0.39 is 0 Å². The van der Waals surface area contributed by atoms with E-state index >= 15 is 0 Å². The third-order valence-corrected chi connectivity index (χ3v) is 3.48. The van der Waals surface area contributed by atoms with Crippen molar-refractivity contribution in [3.8, 4) is 0 Å². The molecule has 1 aromatic carbocycles. The van der Waals surface area contributed by atoms with Crippen LogP contribution in [0, 0.1) is 0 Å². The molecule has 0 aliphatic heterocycles. The Hall–Kier alpha value is -1.58. The van der Waals surface area contributed by atoms with Crippen LogP contribution in [0.2, 0.25) is 5.02 Å². The van der Waals surface area contributed by atoms with Crippen LogP contribution in [-0.4, -0.2) is 25.6 Å². The Morgan fingerprint density at radius 1 is 1.25 bits per heavy atom. The maximum Gasteiger partial charge on any atom is 0.0421 e. The standard InChI is InChI=1S/C16H20ClN3/c1-18-12-13-11-14(17)6-7-16(13)20(2)10-8-15-5-3-4-9-19-15/h3-7,9,11,18H,8,10,12H2,1-2H3. The number of benzene rings is 1. The van der Waals surface area contributed by atoms with Crippen LogP contribution in [0.25, 0.3) is 0 Å². The van der Waals surface area contributed by atoms with Gasteiger partial charge < -0.3 is 10.2 Å². The zero-order valence-corrected chi connectivity index (χ0v) is 12.7. The molecule has 20 heavy (non-hydrogen) atoms. The minimum Gasteiger partial charge on any atom is -0.374 e. The lowest BCUT2D eigenvalue weighted by atomic mass is 10.1. The van der Waals surface area contributed by atoms with Crippen molar-refractivity contribution in [2.75, 3.05) is 25.5 Å². The first-order valence-electron chi connectivity index (χ1n) is 6.75. The molecule has 1 heterocycles. The van der Waals surface area contributed by atoms with Gasteiger partial charge in [0.1, 0.15) is 0 Å². The minimum atomic E-state index is 0.775. The van der Waals surface area contributed by atoms with Crippen LogP contribution in [-0.2, 0) is 13.0 Å². The summed E-state index contributed by atoms with van der Waals surface area (Å²) in [5, 5.41) is 3.96. The maximum absolute atomic E-state index is 6.07. The van der Waals surface area contributed by atoms with Gasteiger partial charge in [-0.1, -0.05) is 17.7 Å². The highest BCUT2D eigenvalue weighted by molar-refractivity contribution is 6.30. The van der Waals surface area contributed by atoms with Crippen LogP contribution in [0.5, 0.6) is 0 Å². The number of nitrogens with zero attached hydrogens (tertiary/aromatic N) is 2. The van der Waals surface area contributed by atoms with E-state index in [1.54, 1.807) is 0 Å². The maximum atomic E-state index is 6.07. The first-order valence-corrected chi connectivity index (χ1v) is 7.12. The molecular formula is C16H20ClN3. The fourth-order valence-electron chi connectivity index (χ4n) is 2.21. The highest BCUT2D eigenvalue weighted by atomic mass is 35.5. The Kier molecular flexibility index (Phi) is 5.39. The molecule has 1 N–H and O–H groups in total. The van der Waals surface area contributed by atoms with Crippen LogP contribution in [0.3, 0.4) is 0 Å². The van der Waals surface area contributed by atoms with E-state index in [2.05, 4.69) is 34.4 Å². The van der Waals surface area contributed by atoms with E-state index in [9.17, 15) is 0 Å². The second-order valence-corrected chi connectivity index (χ2v) is 5.23. The van der Waals surface area contributed by atoms with Gasteiger partial charge in [-0.25, -0.2) is 0 Å². The number of nitrogens with one attached hydrogen (secondary N) is 1. The van der Waals surface area contributed by atoms with Gasteiger partial charge in [-0.3, -0.25) is 4.98 Å². The monoisotopic (exact) mass is 289 g/mol. The Morgan fingerprint density at radius 2 is 2.10 bits per heavy atom. The van der Waals surface area contributed by atoms with Crippen molar-refractivity contribution in [1.82, 2.24) is 10.3 Å². The molecule has 2 rings (SSSR count). The molecule has 0 aliphatic carbocycles. The molecule has 0 radical (unpaired) electrons. The van der Waals surface area contributed by atoms with E-state index in [0.717, 1.165) is 30.2 Å². The predicted octanol–water partition coefficient (Wildman–Crippen LogP) is 3.13. The summed E-state index contributed by atoms with van der Waals surface area (Å²) in [7, 11) is 4.05. The summed E-state index contributed by atoms with van der Waals surface area (Å²) in [4.78, 5) is 6.60. The van der Waals surface area contributed by atoms with Crippen LogP contribution >= 0.6 is 11.6 Å². The first kappa shape index (κ1) is 14.8. The van der Waals surface area contributed by atoms with Gasteiger partial charge in [0, 0.05) is 49.2 Å². The summed E-state index contributed by atoms with van der Waals surface area (Å²) in [5.41, 5.74) is 3.53. The summed E-state index contributed by atoms with van der Waals surface area (Å²) in [6, 6.07) is 12.1. The van der Waals surface area contributed by atoms with Crippen LogP contribution < -0.4 is 10.2 Å². The van der Waals surface area contributed by atoms with E-state index in [1.807, 2.05) is 37.5 Å². The number of hydrogen-bond acceptors (Lipinski definition) is 3. The number of anilines is 1. The molecule has 0 aliphatic rings. The van der Waals surface area contributed by atoms with Crippen molar-refractivity contribution in [2.24, 2.45) is 0 Å². The van der Waals surface area contributed by atoms with Crippen molar-refractivity contribution in [2.45, 2.75) is 13.0 Å². The molecule has 0 unspecified atom stereocenters. The summed E-state index contributed by atoms with van der Waals surface area (Å²) in [5.74, 6) is 0. The second-order valence-electron chi connectivity index (χ2n) is 4.80. The molecule has 0 spiro atoms. The van der Waals surface area contributed by atoms with Crippen LogP contribution in [0.1, 0.15) is 11.3 Å². The summed E-state index contributed by atoms with van der Waals surface area (Å²) in [6.07, 6.45) is 2.77. The van der Waals surface area contributed by atoms with Gasteiger partial charge in [-0.15, -0.1) is 0 Å². The number of hydrogen-bond donors (Lipinski definition) is 1. The molecule has 0 fully saturated rings. The molecule has 0 atom stereocenters. The lowest BCUT2D eigenvalue weighted by Crippen LogP contribution is -2.23. The summed E-state index contributed by atoms with van der Waals surface area (Å²) in [6.45, 7) is 1.74. The Balaban J connectivity index is 2.06. The van der Waals surface area contributed by atoms with E-state index in [-0.39, 0.29) is 0 Å². The molecule has 0 amide bonds. The highest BCUT2D eigenvalue weighted by Crippen LogP contribution is 2.23. The number of halogens is 1. The largest absolute Gasteiger partial charge is 0.374 e. The first-order chi connectivity index (χ1) is 9.70. The average molecular weight is 290 g/mol. The quantitative estimate of drug-likeness (QED) is 0.885. The Morgan fingerprint density at radius 3 is 2.80 bits per heavy atom. The van der Waals surface area contributed by atoms with Gasteiger partial charge in [0.25, 0.3) is 0 Å².